The third-order valence-corrected chi connectivity index (χ3v) is 6.30. The van der Waals surface area contributed by atoms with Crippen LogP contribution in [-0.4, -0.2) is 75.9 Å². The molecule has 0 atom stereocenters. The first kappa shape index (κ1) is 32.5. The lowest BCUT2D eigenvalue weighted by Gasteiger charge is -2.20. The van der Waals surface area contributed by atoms with Crippen molar-refractivity contribution in [2.75, 3.05) is 65.1 Å². The van der Waals surface area contributed by atoms with Crippen molar-refractivity contribution < 1.29 is 19.1 Å². The van der Waals surface area contributed by atoms with E-state index in [9.17, 15) is 9.59 Å². The highest BCUT2D eigenvalue weighted by Crippen LogP contribution is 2.31. The number of nitrogens with one attached hydrogen (secondary N) is 2. The Balaban J connectivity index is 0.00000533. The quantitative estimate of drug-likeness (QED) is 0.223. The number of rotatable bonds is 14. The standard InChI is InChI=1S/C28H34Cl2N4O4.ClH/c1-33(2)15-5-17-37-21-11-7-19(8-12-21)31-25-23(29)28(36)26(24(30)27(25)35)32-20-9-13-22(14-10-20)38-18-6-16-34(3)4;/h7-14,31-32H,5-6,15-18H2,1-4H3;1H. The fourth-order valence-corrected chi connectivity index (χ4v) is 4.02. The second-order valence-corrected chi connectivity index (χ2v) is 10.1. The molecule has 0 unspecified atom stereocenters. The molecule has 0 bridgehead atoms. The summed E-state index contributed by atoms with van der Waals surface area (Å²) in [4.78, 5) is 30.2. The molecule has 0 amide bonds. The van der Waals surface area contributed by atoms with E-state index in [0.717, 1.165) is 25.9 Å². The number of anilines is 2. The van der Waals surface area contributed by atoms with Crippen molar-refractivity contribution in [2.24, 2.45) is 0 Å². The molecule has 0 saturated heterocycles. The maximum atomic E-state index is 13.0. The minimum absolute atomic E-state index is 0. The van der Waals surface area contributed by atoms with Gasteiger partial charge >= 0.3 is 0 Å². The van der Waals surface area contributed by atoms with Crippen molar-refractivity contribution in [1.29, 1.82) is 0 Å². The number of ether oxygens (including phenoxy) is 2. The van der Waals surface area contributed by atoms with Gasteiger partial charge < -0.3 is 29.9 Å². The van der Waals surface area contributed by atoms with Crippen LogP contribution in [0.25, 0.3) is 0 Å². The number of ketones is 2. The molecule has 0 aromatic heterocycles. The summed E-state index contributed by atoms with van der Waals surface area (Å²) in [6.07, 6.45) is 1.81. The van der Waals surface area contributed by atoms with Gasteiger partial charge in [0.05, 0.1) is 13.2 Å². The molecule has 0 heterocycles. The Morgan fingerprint density at radius 1 is 0.641 bits per heavy atom. The van der Waals surface area contributed by atoms with E-state index in [1.165, 1.54) is 0 Å². The average molecular weight is 598 g/mol. The number of Topliss-reactive ketones (excluding diaryl/α,β-unsaturated/α-hetero) is 2. The Labute approximate surface area is 246 Å². The molecule has 2 N–H and O–H groups in total. The summed E-state index contributed by atoms with van der Waals surface area (Å²) in [5, 5.41) is 5.36. The largest absolute Gasteiger partial charge is 0.494 e. The zero-order chi connectivity index (χ0) is 27.7. The summed E-state index contributed by atoms with van der Waals surface area (Å²) in [6.45, 7) is 3.06. The van der Waals surface area contributed by atoms with Gasteiger partial charge in [0.2, 0.25) is 11.6 Å². The molecule has 212 valence electrons. The molecular weight excluding hydrogens is 563 g/mol. The van der Waals surface area contributed by atoms with E-state index in [4.69, 9.17) is 32.7 Å². The van der Waals surface area contributed by atoms with Crippen LogP contribution in [0.5, 0.6) is 11.5 Å². The van der Waals surface area contributed by atoms with Crippen LogP contribution in [0.4, 0.5) is 11.4 Å². The molecule has 0 saturated carbocycles. The fraction of sp³-hybridized carbons (Fsp3) is 0.357. The summed E-state index contributed by atoms with van der Waals surface area (Å²) in [7, 11) is 8.06. The molecule has 0 fully saturated rings. The summed E-state index contributed by atoms with van der Waals surface area (Å²) in [5.41, 5.74) is 0.991. The van der Waals surface area contributed by atoms with Crippen LogP contribution in [0, 0.1) is 0 Å². The van der Waals surface area contributed by atoms with Crippen molar-refractivity contribution in [3.63, 3.8) is 0 Å². The van der Waals surface area contributed by atoms with Crippen LogP contribution >= 0.6 is 35.6 Å². The van der Waals surface area contributed by atoms with Crippen molar-refractivity contribution in [3.8, 4) is 11.5 Å². The third-order valence-electron chi connectivity index (χ3n) is 5.58. The third kappa shape index (κ3) is 9.74. The van der Waals surface area contributed by atoms with Gasteiger partial charge in [-0.15, -0.1) is 12.4 Å². The van der Waals surface area contributed by atoms with Crippen LogP contribution in [0.1, 0.15) is 12.8 Å². The van der Waals surface area contributed by atoms with Crippen molar-refractivity contribution >= 4 is 58.6 Å². The average Bonchev–Trinajstić information content (AvgIpc) is 2.90. The zero-order valence-electron chi connectivity index (χ0n) is 22.6. The Bertz CT molecular complexity index is 1090. The molecule has 39 heavy (non-hydrogen) atoms. The van der Waals surface area contributed by atoms with Gasteiger partial charge in [-0.25, -0.2) is 0 Å². The van der Waals surface area contributed by atoms with Gasteiger partial charge in [-0.1, -0.05) is 23.2 Å². The van der Waals surface area contributed by atoms with Crippen LogP contribution in [0.15, 0.2) is 70.0 Å². The summed E-state index contributed by atoms with van der Waals surface area (Å²) >= 11 is 12.7. The minimum Gasteiger partial charge on any atom is -0.494 e. The second-order valence-electron chi connectivity index (χ2n) is 9.35. The number of hydrogen-bond acceptors (Lipinski definition) is 8. The number of benzene rings is 2. The second kappa shape index (κ2) is 15.7. The molecule has 0 spiro atoms. The first-order valence-corrected chi connectivity index (χ1v) is 13.1. The van der Waals surface area contributed by atoms with Gasteiger partial charge in [0.25, 0.3) is 0 Å². The van der Waals surface area contributed by atoms with Gasteiger partial charge in [0, 0.05) is 24.5 Å². The molecule has 1 aliphatic rings. The van der Waals surface area contributed by atoms with Gasteiger partial charge in [-0.3, -0.25) is 9.59 Å². The lowest BCUT2D eigenvalue weighted by atomic mass is 10.0. The number of hydrogen-bond donors (Lipinski definition) is 2. The Kier molecular flexibility index (Phi) is 13.1. The molecule has 2 aromatic carbocycles. The van der Waals surface area contributed by atoms with E-state index >= 15 is 0 Å². The van der Waals surface area contributed by atoms with Gasteiger partial charge in [0.1, 0.15) is 33.0 Å². The molecule has 11 heteroatoms. The van der Waals surface area contributed by atoms with Gasteiger partial charge in [0.15, 0.2) is 0 Å². The van der Waals surface area contributed by atoms with Crippen molar-refractivity contribution in [3.05, 3.63) is 70.0 Å². The predicted octanol–water partition coefficient (Wildman–Crippen LogP) is 5.35. The van der Waals surface area contributed by atoms with Crippen molar-refractivity contribution in [2.45, 2.75) is 12.8 Å². The minimum atomic E-state index is -0.580. The SMILES string of the molecule is CN(C)CCCOc1ccc(NC2=C(Cl)C(=O)C(Nc3ccc(OCCCN(C)C)cc3)=C(Cl)C2=O)cc1.Cl. The highest BCUT2D eigenvalue weighted by atomic mass is 35.5. The van der Waals surface area contributed by atoms with Gasteiger partial charge in [-0.2, -0.15) is 0 Å². The summed E-state index contributed by atoms with van der Waals surface area (Å²) in [6, 6.07) is 14.1. The molecule has 0 aliphatic heterocycles. The van der Waals surface area contributed by atoms with E-state index in [0.29, 0.717) is 36.1 Å². The van der Waals surface area contributed by atoms with E-state index < -0.39 is 11.6 Å². The highest BCUT2D eigenvalue weighted by molar-refractivity contribution is 6.56. The molecule has 2 aromatic rings. The molecule has 8 nitrogen and oxygen atoms in total. The number of carbonyl (C=O) groups is 2. The van der Waals surface area contributed by atoms with E-state index in [1.54, 1.807) is 48.5 Å². The first-order valence-electron chi connectivity index (χ1n) is 12.3. The molecular formula is C28H35Cl3N4O4. The number of carbonyl (C=O) groups excluding carboxylic acids is 2. The maximum Gasteiger partial charge on any atom is 0.224 e. The fourth-order valence-electron chi connectivity index (χ4n) is 3.57. The zero-order valence-corrected chi connectivity index (χ0v) is 24.9. The lowest BCUT2D eigenvalue weighted by molar-refractivity contribution is -0.115. The number of nitrogens with zero attached hydrogens (tertiary/aromatic N) is 2. The smallest absolute Gasteiger partial charge is 0.224 e. The lowest BCUT2D eigenvalue weighted by Crippen LogP contribution is -2.27. The monoisotopic (exact) mass is 596 g/mol. The Morgan fingerprint density at radius 2 is 0.974 bits per heavy atom. The van der Waals surface area contributed by atoms with Crippen molar-refractivity contribution in [1.82, 2.24) is 9.80 Å². The molecule has 1 aliphatic carbocycles. The summed E-state index contributed by atoms with van der Waals surface area (Å²) in [5.74, 6) is 0.247. The van der Waals surface area contributed by atoms with Crippen LogP contribution in [0.3, 0.4) is 0 Å². The van der Waals surface area contributed by atoms with E-state index in [-0.39, 0.29) is 33.9 Å². The van der Waals surface area contributed by atoms with Gasteiger partial charge in [-0.05, 0) is 89.6 Å². The van der Waals surface area contributed by atoms with Crippen LogP contribution < -0.4 is 20.1 Å². The highest BCUT2D eigenvalue weighted by Gasteiger charge is 2.33. The Hall–Kier alpha value is -2.75. The van der Waals surface area contributed by atoms with E-state index in [1.807, 2.05) is 28.2 Å². The molecule has 3 rings (SSSR count). The first-order chi connectivity index (χ1) is 18.2. The normalized spacial score (nSPS) is 13.6. The molecule has 0 radical (unpaired) electrons. The topological polar surface area (TPSA) is 83.1 Å². The summed E-state index contributed by atoms with van der Waals surface area (Å²) < 4.78 is 11.5. The Morgan fingerprint density at radius 3 is 1.28 bits per heavy atom. The van der Waals surface area contributed by atoms with Crippen LogP contribution in [0.2, 0.25) is 0 Å². The van der Waals surface area contributed by atoms with Crippen LogP contribution in [-0.2, 0) is 9.59 Å². The number of allylic oxidation sites excluding steroid dienone is 2. The van der Waals surface area contributed by atoms with E-state index in [2.05, 4.69) is 20.4 Å². The maximum absolute atomic E-state index is 13.0. The number of halogens is 3. The predicted molar refractivity (Wildman–Crippen MR) is 160 cm³/mol.